The fourth-order valence-electron chi connectivity index (χ4n) is 2.27. The van der Waals surface area contributed by atoms with E-state index in [1.807, 2.05) is 12.1 Å². The summed E-state index contributed by atoms with van der Waals surface area (Å²) in [6.45, 7) is 0.635. The van der Waals surface area contributed by atoms with Gasteiger partial charge in [0.1, 0.15) is 6.61 Å². The highest BCUT2D eigenvalue weighted by Gasteiger charge is 2.52. The average Bonchev–Trinajstić information content (AvgIpc) is 2.86. The standard InChI is InChI=1S/C14H15BrN2O5/c1-2-22-13(19)14(8-18,17(20)21)6-9-7-16-12-4-3-10(15)5-11(9)12/h3-5,7,16,18H,2,6,8H2,1H3. The van der Waals surface area contributed by atoms with E-state index < -0.39 is 23.0 Å². The highest BCUT2D eigenvalue weighted by Crippen LogP contribution is 2.27. The first kappa shape index (κ1) is 16.4. The van der Waals surface area contributed by atoms with E-state index in [1.54, 1.807) is 19.2 Å². The fourth-order valence-corrected chi connectivity index (χ4v) is 2.63. The van der Waals surface area contributed by atoms with E-state index in [4.69, 9.17) is 4.74 Å². The number of carbonyl (C=O) groups excluding carboxylic acids is 1. The summed E-state index contributed by atoms with van der Waals surface area (Å²) >= 11 is 3.34. The Morgan fingerprint density at radius 1 is 1.55 bits per heavy atom. The second-order valence-corrected chi connectivity index (χ2v) is 5.76. The molecule has 0 bridgehead atoms. The number of hydrogen-bond donors (Lipinski definition) is 2. The fraction of sp³-hybridized carbons (Fsp3) is 0.357. The van der Waals surface area contributed by atoms with Crippen LogP contribution in [0.3, 0.4) is 0 Å². The van der Waals surface area contributed by atoms with Gasteiger partial charge in [0.2, 0.25) is 0 Å². The zero-order valence-electron chi connectivity index (χ0n) is 11.8. The minimum absolute atomic E-state index is 0.00779. The lowest BCUT2D eigenvalue weighted by molar-refractivity contribution is -0.558. The third kappa shape index (κ3) is 2.84. The van der Waals surface area contributed by atoms with Gasteiger partial charge in [-0.25, -0.2) is 4.79 Å². The van der Waals surface area contributed by atoms with E-state index in [9.17, 15) is 20.0 Å². The lowest BCUT2D eigenvalue weighted by Gasteiger charge is -2.20. The summed E-state index contributed by atoms with van der Waals surface area (Å²) in [5.41, 5.74) is -0.847. The van der Waals surface area contributed by atoms with Crippen molar-refractivity contribution in [3.8, 4) is 0 Å². The predicted molar refractivity (Wildman–Crippen MR) is 83.1 cm³/mol. The Balaban J connectivity index is 2.47. The summed E-state index contributed by atoms with van der Waals surface area (Å²) in [6, 6.07) is 5.45. The molecule has 7 nitrogen and oxygen atoms in total. The number of rotatable bonds is 6. The molecule has 0 saturated carbocycles. The van der Waals surface area contributed by atoms with Crippen molar-refractivity contribution in [2.45, 2.75) is 18.9 Å². The van der Waals surface area contributed by atoms with E-state index in [1.165, 1.54) is 0 Å². The third-order valence-corrected chi connectivity index (χ3v) is 3.97. The summed E-state index contributed by atoms with van der Waals surface area (Å²) in [5.74, 6) is -1.04. The number of nitrogens with zero attached hydrogens (tertiary/aromatic N) is 1. The Morgan fingerprint density at radius 3 is 2.86 bits per heavy atom. The number of nitrogens with one attached hydrogen (secondary N) is 1. The van der Waals surface area contributed by atoms with Crippen molar-refractivity contribution in [1.29, 1.82) is 0 Å². The monoisotopic (exact) mass is 370 g/mol. The molecule has 1 heterocycles. The van der Waals surface area contributed by atoms with Crippen LogP contribution in [0.1, 0.15) is 12.5 Å². The van der Waals surface area contributed by atoms with Crippen LogP contribution in [0.25, 0.3) is 10.9 Å². The number of hydrogen-bond acceptors (Lipinski definition) is 5. The number of carbonyl (C=O) groups is 1. The molecule has 1 atom stereocenters. The zero-order valence-corrected chi connectivity index (χ0v) is 13.4. The van der Waals surface area contributed by atoms with Crippen molar-refractivity contribution < 1.29 is 19.6 Å². The number of ether oxygens (including phenoxy) is 1. The molecular formula is C14H15BrN2O5. The Hall–Kier alpha value is -1.93. The molecule has 0 amide bonds. The molecule has 8 heteroatoms. The lowest BCUT2D eigenvalue weighted by Crippen LogP contribution is -2.52. The van der Waals surface area contributed by atoms with Crippen LogP contribution in [-0.4, -0.2) is 39.7 Å². The average molecular weight is 371 g/mol. The second kappa shape index (κ2) is 6.45. The van der Waals surface area contributed by atoms with Crippen LogP contribution in [0, 0.1) is 10.1 Å². The molecule has 0 radical (unpaired) electrons. The molecule has 2 N–H and O–H groups in total. The van der Waals surface area contributed by atoms with E-state index >= 15 is 0 Å². The minimum atomic E-state index is -2.20. The first-order valence-corrected chi connectivity index (χ1v) is 7.42. The molecule has 0 aliphatic rings. The third-order valence-electron chi connectivity index (χ3n) is 3.48. The second-order valence-electron chi connectivity index (χ2n) is 4.85. The van der Waals surface area contributed by atoms with Gasteiger partial charge in [-0.05, 0) is 30.7 Å². The van der Waals surface area contributed by atoms with E-state index in [2.05, 4.69) is 20.9 Å². The molecule has 0 saturated heterocycles. The minimum Gasteiger partial charge on any atom is -0.461 e. The van der Waals surface area contributed by atoms with Gasteiger partial charge in [0.05, 0.1) is 13.0 Å². The van der Waals surface area contributed by atoms with Crippen LogP contribution in [0.5, 0.6) is 0 Å². The van der Waals surface area contributed by atoms with Gasteiger partial charge in [-0.15, -0.1) is 0 Å². The van der Waals surface area contributed by atoms with Gasteiger partial charge in [-0.3, -0.25) is 10.1 Å². The van der Waals surface area contributed by atoms with Crippen LogP contribution >= 0.6 is 15.9 Å². The Kier molecular flexibility index (Phi) is 4.82. The number of aliphatic hydroxyl groups excluding tert-OH is 1. The maximum atomic E-state index is 12.0. The first-order chi connectivity index (χ1) is 10.4. The van der Waals surface area contributed by atoms with Gasteiger partial charge in [0.15, 0.2) is 0 Å². The number of benzene rings is 1. The molecule has 22 heavy (non-hydrogen) atoms. The van der Waals surface area contributed by atoms with Crippen molar-refractivity contribution in [2.24, 2.45) is 0 Å². The van der Waals surface area contributed by atoms with Crippen LogP contribution in [0.4, 0.5) is 0 Å². The number of nitro groups is 1. The molecule has 2 rings (SSSR count). The van der Waals surface area contributed by atoms with E-state index in [0.29, 0.717) is 5.56 Å². The largest absolute Gasteiger partial charge is 0.461 e. The topological polar surface area (TPSA) is 105 Å². The summed E-state index contributed by atoms with van der Waals surface area (Å²) in [7, 11) is 0. The Bertz CT molecular complexity index is 714. The smallest absolute Gasteiger partial charge is 0.387 e. The number of fused-ring (bicyclic) bond motifs is 1. The van der Waals surface area contributed by atoms with Crippen LogP contribution in [-0.2, 0) is 16.0 Å². The maximum Gasteiger partial charge on any atom is 0.387 e. The van der Waals surface area contributed by atoms with Gasteiger partial charge < -0.3 is 14.8 Å². The van der Waals surface area contributed by atoms with Gasteiger partial charge >= 0.3 is 11.5 Å². The van der Waals surface area contributed by atoms with Crippen LogP contribution < -0.4 is 0 Å². The first-order valence-electron chi connectivity index (χ1n) is 6.62. The van der Waals surface area contributed by atoms with Crippen molar-refractivity contribution in [3.05, 3.63) is 44.5 Å². The number of aromatic nitrogens is 1. The number of aromatic amines is 1. The zero-order chi connectivity index (χ0) is 16.3. The summed E-state index contributed by atoms with van der Waals surface area (Å²) in [4.78, 5) is 25.7. The van der Waals surface area contributed by atoms with Gasteiger partial charge in [0, 0.05) is 26.5 Å². The molecule has 118 valence electrons. The highest BCUT2D eigenvalue weighted by atomic mass is 79.9. The van der Waals surface area contributed by atoms with E-state index in [0.717, 1.165) is 15.4 Å². The highest BCUT2D eigenvalue weighted by molar-refractivity contribution is 9.10. The van der Waals surface area contributed by atoms with Crippen molar-refractivity contribution in [2.75, 3.05) is 13.2 Å². The Labute approximate surface area is 134 Å². The van der Waals surface area contributed by atoms with Crippen LogP contribution in [0.15, 0.2) is 28.9 Å². The SMILES string of the molecule is CCOC(=O)C(CO)(Cc1c[nH]c2ccc(Br)cc12)[N+](=O)[O-]. The molecule has 0 aliphatic carbocycles. The number of halogens is 1. The van der Waals surface area contributed by atoms with Crippen LogP contribution in [0.2, 0.25) is 0 Å². The number of aliphatic hydroxyl groups is 1. The molecule has 0 spiro atoms. The molecule has 0 fully saturated rings. The molecular weight excluding hydrogens is 356 g/mol. The number of esters is 1. The maximum absolute atomic E-state index is 12.0. The normalized spacial score (nSPS) is 13.8. The van der Waals surface area contributed by atoms with Gasteiger partial charge in [-0.1, -0.05) is 15.9 Å². The summed E-state index contributed by atoms with van der Waals surface area (Å²) in [6.07, 6.45) is 1.34. The summed E-state index contributed by atoms with van der Waals surface area (Å²) < 4.78 is 5.60. The molecule has 0 aliphatic heterocycles. The van der Waals surface area contributed by atoms with Crippen molar-refractivity contribution in [1.82, 2.24) is 4.98 Å². The lowest BCUT2D eigenvalue weighted by atomic mass is 9.92. The summed E-state index contributed by atoms with van der Waals surface area (Å²) in [5, 5.41) is 21.7. The van der Waals surface area contributed by atoms with E-state index in [-0.39, 0.29) is 13.0 Å². The molecule has 1 aromatic heterocycles. The predicted octanol–water partition coefficient (Wildman–Crippen LogP) is 2.04. The molecule has 2 aromatic rings. The van der Waals surface area contributed by atoms with Gasteiger partial charge in [0.25, 0.3) is 0 Å². The number of H-pyrrole nitrogens is 1. The molecule has 1 aromatic carbocycles. The van der Waals surface area contributed by atoms with Crippen molar-refractivity contribution >= 4 is 32.8 Å². The Morgan fingerprint density at radius 2 is 2.27 bits per heavy atom. The van der Waals surface area contributed by atoms with Crippen molar-refractivity contribution in [3.63, 3.8) is 0 Å². The molecule has 1 unspecified atom stereocenters. The van der Waals surface area contributed by atoms with Gasteiger partial charge in [-0.2, -0.15) is 0 Å². The quantitative estimate of drug-likeness (QED) is 0.459.